The van der Waals surface area contributed by atoms with Crippen molar-refractivity contribution < 1.29 is 131 Å². The van der Waals surface area contributed by atoms with Crippen molar-refractivity contribution in [2.75, 3.05) is 98.5 Å². The number of guanidine groups is 1. The number of unbranched alkanes of at least 4 members (excludes halogenated alkanes) is 12. The lowest BCUT2D eigenvalue weighted by molar-refractivity contribution is -0.143. The van der Waals surface area contributed by atoms with Gasteiger partial charge in [-0.2, -0.15) is 0 Å². The van der Waals surface area contributed by atoms with Gasteiger partial charge in [-0.25, -0.2) is 4.98 Å². The molecule has 3 aliphatic heterocycles. The van der Waals surface area contributed by atoms with Crippen LogP contribution in [0.4, 0.5) is 0 Å². The summed E-state index contributed by atoms with van der Waals surface area (Å²) in [7, 11) is 0. The molecule has 0 radical (unpaired) electrons. The molecule has 4 heterocycles. The number of carbonyl (C=O) groups excluding carboxylic acids is 17. The number of hydrogen-bond acceptors (Lipinski definition) is 28. The Kier molecular flexibility index (Phi) is 58.3. The number of carboxylic acid groups (broad SMARTS) is 3. The normalized spacial score (nSPS) is 19.1. The number of fused-ring (bicyclic) bond motifs is 1. The molecule has 1 aromatic heterocycles. The Morgan fingerprint density at radius 1 is 0.592 bits per heavy atom. The van der Waals surface area contributed by atoms with Crippen LogP contribution in [-0.2, 0) is 118 Å². The Bertz CT molecular complexity index is 4760. The van der Waals surface area contributed by atoms with Crippen LogP contribution in [0.2, 0.25) is 0 Å². The SMILES string of the molecule is C=C1/C=C\C=C/CNC=C1C[C@@H]1NC(=O)[C@H](CCCNC(=N)N)NC(=O)[C@@H](Cc2ccccc2)NC(=O)[C@@H]2C[C@@H](O)CN2C(=O)[C@@H](NC(=O)[C@H](CCCC)NC(=O)[C@H](CNC(=O)CN(CC(=O)O)CC(=O)O)NC(=O)[C@H](Cc2c[nH]cn2)NC(=O)[C@H](CCC(N)=O)NC(=O)[C@H](CO)NC(=O)CNC(=O)COCCOCCNC(=O)CCCCCCCCCCCCCCC(=O)O)CCC(=O)NCCCC[C@@H](C(N)=O)NC1=O. The molecule has 51 heteroatoms. The number of hydrogen-bond donors (Lipinski definition) is 26. The van der Waals surface area contributed by atoms with Gasteiger partial charge in [-0.3, -0.25) is 106 Å². The van der Waals surface area contributed by atoms with E-state index in [-0.39, 0.29) is 115 Å². The second-order valence-corrected chi connectivity index (χ2v) is 35.9. The average Bonchev–Trinajstić information content (AvgIpc) is 1.68. The number of nitrogens with two attached hydrogens (primary N) is 3. The minimum absolute atomic E-state index is 0.00260. The smallest absolute Gasteiger partial charge is 0.317 e. The van der Waals surface area contributed by atoms with Gasteiger partial charge in [0.1, 0.15) is 73.1 Å². The molecule has 0 bridgehead atoms. The highest BCUT2D eigenvalue weighted by atomic mass is 16.5. The van der Waals surface area contributed by atoms with Crippen LogP contribution in [0, 0.1) is 5.41 Å². The summed E-state index contributed by atoms with van der Waals surface area (Å²) in [6.45, 7) is -0.498. The molecule has 814 valence electrons. The molecule has 0 unspecified atom stereocenters. The van der Waals surface area contributed by atoms with Gasteiger partial charge in [-0.05, 0) is 80.9 Å². The van der Waals surface area contributed by atoms with Crippen molar-refractivity contribution in [2.24, 2.45) is 17.2 Å². The first kappa shape index (κ1) is 123. The van der Waals surface area contributed by atoms with Gasteiger partial charge in [-0.15, -0.1) is 0 Å². The summed E-state index contributed by atoms with van der Waals surface area (Å²) in [5.74, 6) is -21.3. The molecule has 3 aliphatic rings. The van der Waals surface area contributed by atoms with Gasteiger partial charge < -0.3 is 147 Å². The van der Waals surface area contributed by atoms with Crippen molar-refractivity contribution in [2.45, 2.75) is 272 Å². The highest BCUT2D eigenvalue weighted by Gasteiger charge is 2.45. The number of nitrogens with one attached hydrogen (secondary N) is 18. The fourth-order valence-electron chi connectivity index (χ4n) is 15.8. The highest BCUT2D eigenvalue weighted by Crippen LogP contribution is 2.24. The Morgan fingerprint density at radius 2 is 1.20 bits per heavy atom. The lowest BCUT2D eigenvalue weighted by Crippen LogP contribution is -2.62. The first-order valence-corrected chi connectivity index (χ1v) is 49.7. The number of aromatic nitrogens is 2. The Morgan fingerprint density at radius 3 is 1.84 bits per heavy atom. The zero-order chi connectivity index (χ0) is 108. The van der Waals surface area contributed by atoms with E-state index in [4.69, 9.17) is 37.2 Å². The second kappa shape index (κ2) is 69.6. The predicted molar refractivity (Wildman–Crippen MR) is 530 cm³/mol. The van der Waals surface area contributed by atoms with Crippen LogP contribution >= 0.6 is 0 Å². The number of aliphatic carboxylic acids is 3. The molecule has 29 N–H and O–H groups in total. The zero-order valence-corrected chi connectivity index (χ0v) is 83.2. The molecule has 2 fully saturated rings. The number of imidazole rings is 1. The number of allylic oxidation sites excluding steroid dienone is 4. The van der Waals surface area contributed by atoms with E-state index in [1.54, 1.807) is 61.7 Å². The molecule has 12 atom stereocenters. The molecule has 2 aromatic rings. The number of rotatable bonds is 62. The van der Waals surface area contributed by atoms with Gasteiger partial charge in [0.15, 0.2) is 5.96 Å². The lowest BCUT2D eigenvalue weighted by Gasteiger charge is -2.31. The number of aliphatic hydroxyl groups is 2. The third-order valence-electron chi connectivity index (χ3n) is 23.7. The summed E-state index contributed by atoms with van der Waals surface area (Å²) in [4.78, 5) is 284. The Hall–Kier alpha value is -14.3. The number of ether oxygens (including phenoxy) is 2. The third kappa shape index (κ3) is 51.3. The fraction of sp³-hybridized carbons (Fsp3) is 0.604. The van der Waals surface area contributed by atoms with Crippen LogP contribution in [0.1, 0.15) is 198 Å². The van der Waals surface area contributed by atoms with E-state index in [2.05, 4.69) is 102 Å². The van der Waals surface area contributed by atoms with Crippen molar-refractivity contribution in [1.82, 2.24) is 105 Å². The van der Waals surface area contributed by atoms with E-state index in [1.807, 2.05) is 6.08 Å². The minimum atomic E-state index is -2.09. The second-order valence-electron chi connectivity index (χ2n) is 35.9. The molecule has 5 rings (SSSR count). The van der Waals surface area contributed by atoms with E-state index in [0.717, 1.165) is 75.5 Å². The van der Waals surface area contributed by atoms with Gasteiger partial charge in [-0.1, -0.05) is 145 Å². The average molecular weight is 2070 g/mol. The topological polar surface area (TPSA) is 791 Å². The van der Waals surface area contributed by atoms with Crippen LogP contribution in [-0.4, -0.2) is 341 Å². The molecule has 17 amide bonds. The van der Waals surface area contributed by atoms with Crippen LogP contribution in [0.5, 0.6) is 0 Å². The molecule has 2 saturated heterocycles. The largest absolute Gasteiger partial charge is 0.481 e. The molecule has 0 spiro atoms. The first-order valence-electron chi connectivity index (χ1n) is 49.7. The number of carboxylic acids is 3. The number of primary amides is 2. The molecule has 0 saturated carbocycles. The summed E-state index contributed by atoms with van der Waals surface area (Å²) in [5.41, 5.74) is 18.4. The van der Waals surface area contributed by atoms with Crippen molar-refractivity contribution in [3.05, 3.63) is 102 Å². The summed E-state index contributed by atoms with van der Waals surface area (Å²) in [5, 5.41) is 98.7. The predicted octanol–water partition coefficient (Wildman–Crippen LogP) is -4.77. The van der Waals surface area contributed by atoms with Gasteiger partial charge in [0.05, 0.1) is 70.7 Å². The van der Waals surface area contributed by atoms with Gasteiger partial charge >= 0.3 is 17.9 Å². The number of aliphatic hydroxyl groups excluding tert-OH is 2. The van der Waals surface area contributed by atoms with Crippen molar-refractivity contribution in [1.29, 1.82) is 5.41 Å². The molecule has 147 heavy (non-hydrogen) atoms. The standard InChI is InChI=1S/C96H148N24O27/c1-3-4-29-66(86(136)114-69-35-37-78(125)103-39-24-22-30-65(85(98)135)110-90(140)71(46-62-49-101-38-23-16-17-26-60(62)2)115-87(137)67(31-25-40-105-96(99)100)111-89(139)70(45-61-27-18-15-19-28-61)117-94(144)75-48-64(122)53-120(75)95(69)145)112-92(142)73(51-106-80(127)54-119(55-83(131)132)56-84(133)134)118-91(141)72(47-63-50-102-59-108-63)116-88(138)68(34-36-76(97)123)113-93(143)74(57-121)109-79(126)52-107-81(128)58-147-44-43-146-42-41-104-77(124)32-20-13-11-9-7-5-6-8-10-12-14-21-33-82(129)130/h15-19,23,26-28,49-50,59,64-75,101,121-122H,2-14,20-22,24-25,29-48,51-58H2,1H3,(H2,97,123)(H2,98,135)(H,102,108)(H,103,125)(H,104,124)(H,106,127)(H,107,128)(H,109,126)(H,110,140)(H,111,139)(H,112,142)(H,113,143)(H,114,136)(H,115,137)(H,116,138)(H,117,144)(H,118,141)(H,129,130)(H,131,132)(H,133,134)(H4,99,100,105)/b23-16-,26-17-,62-49?/t64-,65+,66+,67+,68+,69+,70-,71+,72+,73+,74+,75+/m1/s1. The number of benzene rings is 1. The number of H-pyrrole nitrogens is 1. The number of aromatic amines is 1. The number of carbonyl (C=O) groups is 20. The van der Waals surface area contributed by atoms with Gasteiger partial charge in [0, 0.05) is 103 Å². The summed E-state index contributed by atoms with van der Waals surface area (Å²) < 4.78 is 10.8. The van der Waals surface area contributed by atoms with Crippen LogP contribution in [0.25, 0.3) is 0 Å². The quantitative estimate of drug-likeness (QED) is 0.0168. The van der Waals surface area contributed by atoms with E-state index in [1.165, 1.54) is 12.5 Å². The Balaban J connectivity index is 1.38. The van der Waals surface area contributed by atoms with Crippen LogP contribution in [0.3, 0.4) is 0 Å². The highest BCUT2D eigenvalue weighted by molar-refractivity contribution is 6.01. The van der Waals surface area contributed by atoms with Crippen molar-refractivity contribution >= 4 is 124 Å². The molecule has 1 aromatic carbocycles. The van der Waals surface area contributed by atoms with Crippen LogP contribution in [0.15, 0.2) is 91.1 Å². The number of amides is 17. The van der Waals surface area contributed by atoms with Crippen LogP contribution < -0.4 is 102 Å². The maximum absolute atomic E-state index is 15.5. The maximum Gasteiger partial charge on any atom is 0.317 e. The van der Waals surface area contributed by atoms with E-state index in [0.29, 0.717) is 47.4 Å². The lowest BCUT2D eigenvalue weighted by atomic mass is 9.98. The van der Waals surface area contributed by atoms with Crippen molar-refractivity contribution in [3.8, 4) is 0 Å². The van der Waals surface area contributed by atoms with E-state index in [9.17, 15) is 87.5 Å². The Labute approximate surface area is 851 Å². The van der Waals surface area contributed by atoms with E-state index < -0.39 is 282 Å². The maximum atomic E-state index is 15.5. The molecular formula is C96H148N24O27. The summed E-state index contributed by atoms with van der Waals surface area (Å²) in [6, 6.07) is -10.8. The monoisotopic (exact) mass is 2070 g/mol. The van der Waals surface area contributed by atoms with Gasteiger partial charge in [0.2, 0.25) is 100 Å². The third-order valence-corrected chi connectivity index (χ3v) is 23.7. The summed E-state index contributed by atoms with van der Waals surface area (Å²) in [6.07, 6.45) is 18.4. The molecule has 0 aliphatic carbocycles. The van der Waals surface area contributed by atoms with E-state index >= 15 is 28.8 Å². The zero-order valence-electron chi connectivity index (χ0n) is 83.2. The molecular weight excluding hydrogens is 1920 g/mol. The van der Waals surface area contributed by atoms with Gasteiger partial charge in [0.25, 0.3) is 0 Å². The molecule has 51 nitrogen and oxygen atoms in total. The minimum Gasteiger partial charge on any atom is -0.481 e. The first-order chi connectivity index (χ1) is 70.3. The fourth-order valence-corrected chi connectivity index (χ4v) is 15.8. The van der Waals surface area contributed by atoms with Crippen molar-refractivity contribution in [3.63, 3.8) is 0 Å². The number of nitrogens with zero attached hydrogens (tertiary/aromatic N) is 3. The summed E-state index contributed by atoms with van der Waals surface area (Å²) >= 11 is 0.